The predicted molar refractivity (Wildman–Crippen MR) is 95.2 cm³/mol. The van der Waals surface area contributed by atoms with Crippen molar-refractivity contribution in [3.8, 4) is 0 Å². The van der Waals surface area contributed by atoms with Gasteiger partial charge in [-0.2, -0.15) is 0 Å². The summed E-state index contributed by atoms with van der Waals surface area (Å²) >= 11 is 7.35. The molecule has 0 bridgehead atoms. The van der Waals surface area contributed by atoms with Gasteiger partial charge in [0.15, 0.2) is 0 Å². The molecule has 1 fully saturated rings. The van der Waals surface area contributed by atoms with Crippen molar-refractivity contribution in [3.63, 3.8) is 0 Å². The Morgan fingerprint density at radius 2 is 2.19 bits per heavy atom. The molecule has 112 valence electrons. The molecule has 2 aromatic rings. The average Bonchev–Trinajstić information content (AvgIpc) is 3.26. The van der Waals surface area contributed by atoms with Gasteiger partial charge in [-0.25, -0.2) is 4.98 Å². The highest BCUT2D eigenvalue weighted by atomic mass is 79.9. The first-order valence-electron chi connectivity index (χ1n) is 7.34. The fourth-order valence-corrected chi connectivity index (χ4v) is 4.90. The van der Waals surface area contributed by atoms with Gasteiger partial charge >= 0.3 is 0 Å². The molecular formula is C16H19BrN2S2. The molecule has 0 atom stereocenters. The van der Waals surface area contributed by atoms with Gasteiger partial charge in [-0.1, -0.05) is 19.1 Å². The molecule has 21 heavy (non-hydrogen) atoms. The normalized spacial score (nSPS) is 14.6. The van der Waals surface area contributed by atoms with Gasteiger partial charge in [0, 0.05) is 26.7 Å². The first kappa shape index (κ1) is 15.5. The molecule has 3 rings (SSSR count). The number of hydrogen-bond donors (Lipinski definition) is 1. The van der Waals surface area contributed by atoms with Crippen molar-refractivity contribution in [2.75, 3.05) is 6.54 Å². The predicted octanol–water partition coefficient (Wildman–Crippen LogP) is 5.18. The van der Waals surface area contributed by atoms with E-state index in [4.69, 9.17) is 4.98 Å². The fraction of sp³-hybridized carbons (Fsp3) is 0.438. The zero-order chi connectivity index (χ0) is 14.7. The van der Waals surface area contributed by atoms with Crippen molar-refractivity contribution >= 4 is 39.0 Å². The Bertz CT molecular complexity index is 608. The molecule has 0 unspecified atom stereocenters. The number of nitrogens with zero attached hydrogens (tertiary/aromatic N) is 1. The number of thiazole rings is 1. The second kappa shape index (κ2) is 7.27. The number of benzene rings is 1. The van der Waals surface area contributed by atoms with Crippen LogP contribution in [-0.2, 0) is 12.3 Å². The third-order valence-corrected chi connectivity index (χ3v) is 6.75. The minimum Gasteiger partial charge on any atom is -0.312 e. The molecule has 1 heterocycles. The Labute approximate surface area is 142 Å². The van der Waals surface area contributed by atoms with Crippen LogP contribution in [0.3, 0.4) is 0 Å². The maximum atomic E-state index is 4.91. The van der Waals surface area contributed by atoms with Gasteiger partial charge in [-0.05, 0) is 47.4 Å². The van der Waals surface area contributed by atoms with Crippen LogP contribution in [0.5, 0.6) is 0 Å². The number of thioether (sulfide) groups is 1. The quantitative estimate of drug-likeness (QED) is 0.667. The minimum absolute atomic E-state index is 0.733. The summed E-state index contributed by atoms with van der Waals surface area (Å²) in [5.41, 5.74) is 1.36. The Morgan fingerprint density at radius 3 is 2.90 bits per heavy atom. The van der Waals surface area contributed by atoms with Crippen molar-refractivity contribution in [2.24, 2.45) is 0 Å². The van der Waals surface area contributed by atoms with Crippen molar-refractivity contribution in [2.45, 2.75) is 42.9 Å². The SMILES string of the molecule is CCNCc1sc(CSc2ccccc2Br)nc1C1CC1. The lowest BCUT2D eigenvalue weighted by atomic mass is 10.2. The van der Waals surface area contributed by atoms with Gasteiger partial charge in [-0.3, -0.25) is 0 Å². The van der Waals surface area contributed by atoms with Crippen molar-refractivity contribution in [1.29, 1.82) is 0 Å². The van der Waals surface area contributed by atoms with E-state index < -0.39 is 0 Å². The molecular weight excluding hydrogens is 364 g/mol. The molecule has 0 spiro atoms. The lowest BCUT2D eigenvalue weighted by Crippen LogP contribution is -2.11. The molecule has 1 aliphatic carbocycles. The van der Waals surface area contributed by atoms with E-state index in [-0.39, 0.29) is 0 Å². The fourth-order valence-electron chi connectivity index (χ4n) is 2.22. The summed E-state index contributed by atoms with van der Waals surface area (Å²) in [6.45, 7) is 4.14. The van der Waals surface area contributed by atoms with E-state index in [1.807, 2.05) is 23.1 Å². The van der Waals surface area contributed by atoms with E-state index in [1.165, 1.54) is 37.8 Å². The van der Waals surface area contributed by atoms with E-state index in [1.54, 1.807) is 0 Å². The third-order valence-electron chi connectivity index (χ3n) is 3.46. The summed E-state index contributed by atoms with van der Waals surface area (Å²) in [7, 11) is 0. The number of nitrogens with one attached hydrogen (secondary N) is 1. The van der Waals surface area contributed by atoms with Crippen LogP contribution in [0.15, 0.2) is 33.6 Å². The van der Waals surface area contributed by atoms with Crippen LogP contribution in [-0.4, -0.2) is 11.5 Å². The Kier molecular flexibility index (Phi) is 5.38. The van der Waals surface area contributed by atoms with Crippen LogP contribution >= 0.6 is 39.0 Å². The number of hydrogen-bond acceptors (Lipinski definition) is 4. The van der Waals surface area contributed by atoms with Crippen LogP contribution in [0.2, 0.25) is 0 Å². The highest BCUT2D eigenvalue weighted by molar-refractivity contribution is 9.10. The zero-order valence-electron chi connectivity index (χ0n) is 12.1. The lowest BCUT2D eigenvalue weighted by molar-refractivity contribution is 0.726. The van der Waals surface area contributed by atoms with Crippen molar-refractivity contribution < 1.29 is 0 Å². The average molecular weight is 383 g/mol. The van der Waals surface area contributed by atoms with Gasteiger partial charge < -0.3 is 5.32 Å². The minimum atomic E-state index is 0.733. The highest BCUT2D eigenvalue weighted by Gasteiger charge is 2.29. The standard InChI is InChI=1S/C16H19BrN2S2/c1-2-18-9-14-16(11-7-8-11)19-15(21-14)10-20-13-6-4-3-5-12(13)17/h3-6,11,18H,2,7-10H2,1H3. The second-order valence-corrected chi connectivity index (χ2v) is 8.23. The Morgan fingerprint density at radius 1 is 1.38 bits per heavy atom. The van der Waals surface area contributed by atoms with E-state index in [9.17, 15) is 0 Å². The molecule has 0 aliphatic heterocycles. The van der Waals surface area contributed by atoms with Gasteiger partial charge in [0.1, 0.15) is 5.01 Å². The van der Waals surface area contributed by atoms with Gasteiger partial charge in [0.2, 0.25) is 0 Å². The van der Waals surface area contributed by atoms with Crippen molar-refractivity contribution in [1.82, 2.24) is 10.3 Å². The molecule has 0 radical (unpaired) electrons. The Balaban J connectivity index is 1.69. The molecule has 1 N–H and O–H groups in total. The van der Waals surface area contributed by atoms with E-state index in [0.29, 0.717) is 0 Å². The number of halogens is 1. The molecule has 0 saturated heterocycles. The van der Waals surface area contributed by atoms with Crippen LogP contribution in [0, 0.1) is 0 Å². The van der Waals surface area contributed by atoms with Crippen molar-refractivity contribution in [3.05, 3.63) is 44.3 Å². The third kappa shape index (κ3) is 4.09. The molecule has 2 nitrogen and oxygen atoms in total. The maximum absolute atomic E-state index is 4.91. The molecule has 5 heteroatoms. The van der Waals surface area contributed by atoms with Crippen LogP contribution < -0.4 is 5.32 Å². The van der Waals surface area contributed by atoms with Crippen LogP contribution in [0.4, 0.5) is 0 Å². The first-order chi connectivity index (χ1) is 10.3. The van der Waals surface area contributed by atoms with E-state index in [2.05, 4.69) is 52.4 Å². The highest BCUT2D eigenvalue weighted by Crippen LogP contribution is 2.43. The summed E-state index contributed by atoms with van der Waals surface area (Å²) in [5.74, 6) is 1.69. The van der Waals surface area contributed by atoms with Crippen LogP contribution in [0.25, 0.3) is 0 Å². The topological polar surface area (TPSA) is 24.9 Å². The summed E-state index contributed by atoms with van der Waals surface area (Å²) in [6, 6.07) is 8.39. The molecule has 1 aromatic carbocycles. The van der Waals surface area contributed by atoms with Gasteiger partial charge in [0.05, 0.1) is 11.4 Å². The number of rotatable bonds is 7. The summed E-state index contributed by atoms with van der Waals surface area (Å²) in [6.07, 6.45) is 2.64. The van der Waals surface area contributed by atoms with Crippen LogP contribution in [0.1, 0.15) is 41.3 Å². The van der Waals surface area contributed by atoms with E-state index >= 15 is 0 Å². The Hall–Kier alpha value is -0.360. The molecule has 0 amide bonds. The van der Waals surface area contributed by atoms with Gasteiger partial charge in [-0.15, -0.1) is 23.1 Å². The summed E-state index contributed by atoms with van der Waals surface area (Å²) in [4.78, 5) is 7.64. The zero-order valence-corrected chi connectivity index (χ0v) is 15.3. The largest absolute Gasteiger partial charge is 0.312 e. The van der Waals surface area contributed by atoms with Gasteiger partial charge in [0.25, 0.3) is 0 Å². The number of aromatic nitrogens is 1. The molecule has 1 aliphatic rings. The smallest absolute Gasteiger partial charge is 0.103 e. The lowest BCUT2D eigenvalue weighted by Gasteiger charge is -2.01. The first-order valence-corrected chi connectivity index (χ1v) is 9.94. The monoisotopic (exact) mass is 382 g/mol. The molecule has 1 saturated carbocycles. The maximum Gasteiger partial charge on any atom is 0.103 e. The summed E-state index contributed by atoms with van der Waals surface area (Å²) < 4.78 is 1.17. The summed E-state index contributed by atoms with van der Waals surface area (Å²) in [5, 5.41) is 4.70. The van der Waals surface area contributed by atoms with E-state index in [0.717, 1.165) is 24.8 Å². The second-order valence-electron chi connectivity index (χ2n) is 5.19. The molecule has 1 aromatic heterocycles.